The second-order valence-corrected chi connectivity index (χ2v) is 7.62. The van der Waals surface area contributed by atoms with Gasteiger partial charge in [-0.15, -0.1) is 0 Å². The topological polar surface area (TPSA) is 124 Å². The zero-order valence-corrected chi connectivity index (χ0v) is 12.2. The number of alkyl halides is 1. The van der Waals surface area contributed by atoms with Crippen LogP contribution in [0, 0.1) is 5.92 Å². The summed E-state index contributed by atoms with van der Waals surface area (Å²) >= 11 is 3.02. The molecule has 0 fully saturated rings. The smallest absolute Gasteiger partial charge is 0.389 e. The third-order valence-electron chi connectivity index (χ3n) is 2.07. The first kappa shape index (κ1) is 16.7. The summed E-state index contributed by atoms with van der Waals surface area (Å²) in [6, 6.07) is 0. The molecule has 0 aliphatic carbocycles. The van der Waals surface area contributed by atoms with Gasteiger partial charge in [0, 0.05) is 5.33 Å². The summed E-state index contributed by atoms with van der Waals surface area (Å²) in [7, 11) is -9.43. The number of aliphatic hydroxyl groups is 1. The number of rotatable bonds is 6. The van der Waals surface area contributed by atoms with Gasteiger partial charge in [0.05, 0.1) is 11.8 Å². The number of phosphoric acid groups is 1. The molecule has 10 heteroatoms. The highest BCUT2D eigenvalue weighted by atomic mass is 79.9. The fraction of sp³-hybridized carbons (Fsp3) is 1.00. The molecule has 0 amide bonds. The average molecular weight is 341 g/mol. The Balaban J connectivity index is 4.61. The summed E-state index contributed by atoms with van der Waals surface area (Å²) in [6.45, 7) is 2.91. The maximum Gasteiger partial charge on any atom is 0.476 e. The van der Waals surface area contributed by atoms with Crippen LogP contribution < -0.4 is 0 Å². The number of halogens is 1. The molecular weight excluding hydrogens is 326 g/mol. The summed E-state index contributed by atoms with van der Waals surface area (Å²) in [6.07, 6.45) is -0.545. The van der Waals surface area contributed by atoms with Gasteiger partial charge in [-0.3, -0.25) is 4.57 Å². The molecule has 3 unspecified atom stereocenters. The van der Waals surface area contributed by atoms with Crippen molar-refractivity contribution >= 4 is 31.3 Å². The van der Waals surface area contributed by atoms with Crippen LogP contribution in [-0.2, 0) is 13.4 Å². The molecule has 0 aromatic rings. The molecule has 0 aliphatic heterocycles. The SMILES string of the molecule is CC(CP(=O)(O)OP(=O)(O)O)C(C)(O)CBr. The van der Waals surface area contributed by atoms with E-state index in [4.69, 9.17) is 9.79 Å². The lowest BCUT2D eigenvalue weighted by molar-refractivity contribution is 0.0381. The molecule has 0 heterocycles. The van der Waals surface area contributed by atoms with E-state index < -0.39 is 33.1 Å². The van der Waals surface area contributed by atoms with Crippen LogP contribution >= 0.6 is 31.3 Å². The third kappa shape index (κ3) is 6.47. The molecule has 0 saturated carbocycles. The van der Waals surface area contributed by atoms with Gasteiger partial charge in [0.25, 0.3) is 0 Å². The van der Waals surface area contributed by atoms with Crippen molar-refractivity contribution in [2.45, 2.75) is 19.4 Å². The molecule has 0 saturated heterocycles. The lowest BCUT2D eigenvalue weighted by Gasteiger charge is -2.29. The van der Waals surface area contributed by atoms with E-state index in [0.717, 1.165) is 0 Å². The van der Waals surface area contributed by atoms with E-state index in [1.807, 2.05) is 0 Å². The maximum atomic E-state index is 11.3. The second-order valence-electron chi connectivity index (χ2n) is 3.78. The normalized spacial score (nSPS) is 22.2. The highest BCUT2D eigenvalue weighted by Crippen LogP contribution is 2.58. The van der Waals surface area contributed by atoms with Crippen molar-refractivity contribution in [3.8, 4) is 0 Å². The zero-order valence-electron chi connectivity index (χ0n) is 8.78. The molecule has 98 valence electrons. The van der Waals surface area contributed by atoms with Crippen LogP contribution in [0.1, 0.15) is 13.8 Å². The fourth-order valence-electron chi connectivity index (χ4n) is 0.874. The van der Waals surface area contributed by atoms with E-state index in [2.05, 4.69) is 20.2 Å². The first-order chi connectivity index (χ1) is 6.90. The van der Waals surface area contributed by atoms with Crippen molar-refractivity contribution in [2.75, 3.05) is 11.5 Å². The van der Waals surface area contributed by atoms with Crippen LogP contribution in [0.4, 0.5) is 0 Å². The average Bonchev–Trinajstić information content (AvgIpc) is 1.98. The van der Waals surface area contributed by atoms with Gasteiger partial charge >= 0.3 is 15.4 Å². The number of hydrogen-bond acceptors (Lipinski definition) is 4. The van der Waals surface area contributed by atoms with E-state index in [1.165, 1.54) is 13.8 Å². The molecule has 0 aliphatic rings. The predicted molar refractivity (Wildman–Crippen MR) is 61.4 cm³/mol. The molecule has 3 atom stereocenters. The van der Waals surface area contributed by atoms with Crippen LogP contribution in [-0.4, -0.2) is 36.9 Å². The molecule has 0 bridgehead atoms. The van der Waals surface area contributed by atoms with Crippen LogP contribution in [0.3, 0.4) is 0 Å². The standard InChI is InChI=1S/C6H15BrO7P2/c1-5(6(2,8)4-7)3-15(9,10)14-16(11,12)13/h5,8H,3-4H2,1-2H3,(H,9,10)(H2,11,12,13). The Morgan fingerprint density at radius 3 is 2.12 bits per heavy atom. The molecule has 0 radical (unpaired) electrons. The molecule has 0 spiro atoms. The van der Waals surface area contributed by atoms with E-state index >= 15 is 0 Å². The van der Waals surface area contributed by atoms with E-state index in [9.17, 15) is 19.1 Å². The van der Waals surface area contributed by atoms with Gasteiger partial charge in [0.2, 0.25) is 0 Å². The van der Waals surface area contributed by atoms with E-state index in [-0.39, 0.29) is 5.33 Å². The van der Waals surface area contributed by atoms with Gasteiger partial charge in [-0.25, -0.2) is 8.88 Å². The fourth-order valence-corrected chi connectivity index (χ4v) is 4.11. The lowest BCUT2D eigenvalue weighted by atomic mass is 9.95. The van der Waals surface area contributed by atoms with E-state index in [1.54, 1.807) is 0 Å². The zero-order chi connectivity index (χ0) is 13.2. The molecule has 0 aromatic carbocycles. The Hall–Kier alpha value is 0.740. The molecule has 0 rings (SSSR count). The van der Waals surface area contributed by atoms with Gasteiger partial charge in [-0.2, -0.15) is 0 Å². The Morgan fingerprint density at radius 1 is 1.38 bits per heavy atom. The molecule has 16 heavy (non-hydrogen) atoms. The Labute approximate surface area is 102 Å². The van der Waals surface area contributed by atoms with Gasteiger partial charge in [-0.05, 0) is 12.8 Å². The Kier molecular flexibility index (Phi) is 5.85. The highest BCUT2D eigenvalue weighted by Gasteiger charge is 2.37. The van der Waals surface area contributed by atoms with Crippen molar-refractivity contribution in [3.63, 3.8) is 0 Å². The summed E-state index contributed by atoms with van der Waals surface area (Å²) in [4.78, 5) is 26.0. The molecule has 7 nitrogen and oxygen atoms in total. The summed E-state index contributed by atoms with van der Waals surface area (Å²) in [5, 5.41) is 9.89. The minimum atomic E-state index is -5.01. The second kappa shape index (κ2) is 5.59. The number of hydrogen-bond donors (Lipinski definition) is 4. The van der Waals surface area contributed by atoms with Crippen molar-refractivity contribution in [1.82, 2.24) is 0 Å². The van der Waals surface area contributed by atoms with Crippen LogP contribution in [0.5, 0.6) is 0 Å². The molecule has 0 aromatic heterocycles. The Bertz CT molecular complexity index is 325. The molecular formula is C6H15BrO7P2. The van der Waals surface area contributed by atoms with Crippen molar-refractivity contribution in [2.24, 2.45) is 5.92 Å². The lowest BCUT2D eigenvalue weighted by Crippen LogP contribution is -2.36. The largest absolute Gasteiger partial charge is 0.476 e. The van der Waals surface area contributed by atoms with Crippen molar-refractivity contribution < 1.29 is 33.2 Å². The quantitative estimate of drug-likeness (QED) is 0.421. The van der Waals surface area contributed by atoms with Gasteiger partial charge in [0.15, 0.2) is 0 Å². The Morgan fingerprint density at radius 2 is 1.81 bits per heavy atom. The summed E-state index contributed by atoms with van der Waals surface area (Å²) in [5.74, 6) is -0.672. The summed E-state index contributed by atoms with van der Waals surface area (Å²) in [5.41, 5.74) is -1.27. The van der Waals surface area contributed by atoms with Crippen molar-refractivity contribution in [1.29, 1.82) is 0 Å². The van der Waals surface area contributed by atoms with Crippen molar-refractivity contribution in [3.05, 3.63) is 0 Å². The van der Waals surface area contributed by atoms with Gasteiger partial charge in [0.1, 0.15) is 0 Å². The predicted octanol–water partition coefficient (Wildman–Crippen LogP) is 1.06. The minimum absolute atomic E-state index is 0.164. The maximum absolute atomic E-state index is 11.3. The molecule has 4 N–H and O–H groups in total. The summed E-state index contributed by atoms with van der Waals surface area (Å²) < 4.78 is 25.5. The van der Waals surface area contributed by atoms with E-state index in [0.29, 0.717) is 0 Å². The first-order valence-corrected chi connectivity index (χ1v) is 8.68. The van der Waals surface area contributed by atoms with Gasteiger partial charge < -0.3 is 19.8 Å². The first-order valence-electron chi connectivity index (χ1n) is 4.27. The highest BCUT2D eigenvalue weighted by molar-refractivity contribution is 9.09. The van der Waals surface area contributed by atoms with Gasteiger partial charge in [-0.1, -0.05) is 22.9 Å². The van der Waals surface area contributed by atoms with Crippen LogP contribution in [0.2, 0.25) is 0 Å². The minimum Gasteiger partial charge on any atom is -0.389 e. The van der Waals surface area contributed by atoms with Crippen LogP contribution in [0.15, 0.2) is 0 Å². The third-order valence-corrected chi connectivity index (χ3v) is 6.09. The monoisotopic (exact) mass is 340 g/mol. The van der Waals surface area contributed by atoms with Crippen LogP contribution in [0.25, 0.3) is 0 Å².